The quantitative estimate of drug-likeness (QED) is 0.452. The summed E-state index contributed by atoms with van der Waals surface area (Å²) in [6, 6.07) is 0. The summed E-state index contributed by atoms with van der Waals surface area (Å²) in [5, 5.41) is 20.7. The Morgan fingerprint density at radius 1 is 0.905 bits per heavy atom. The molecule has 0 aromatic heterocycles. The molecule has 0 aromatic rings. The topological polar surface area (TPSA) is 40.5 Å². The Morgan fingerprint density at radius 3 is 2.05 bits per heavy atom. The SMILES string of the molecule is CCCCCCC(O)C(CC(C)CCCC)CC(C)(C)O. The fourth-order valence-corrected chi connectivity index (χ4v) is 3.22. The second kappa shape index (κ2) is 11.5. The van der Waals surface area contributed by atoms with Gasteiger partial charge in [0.2, 0.25) is 0 Å². The van der Waals surface area contributed by atoms with Crippen molar-refractivity contribution in [3.8, 4) is 0 Å². The van der Waals surface area contributed by atoms with Crippen LogP contribution in [0.1, 0.15) is 98.8 Å². The lowest BCUT2D eigenvalue weighted by molar-refractivity contribution is 0.00210. The van der Waals surface area contributed by atoms with Crippen molar-refractivity contribution >= 4 is 0 Å². The van der Waals surface area contributed by atoms with Gasteiger partial charge in [0.25, 0.3) is 0 Å². The molecule has 0 radical (unpaired) electrons. The molecule has 21 heavy (non-hydrogen) atoms. The minimum atomic E-state index is -0.681. The molecule has 0 aliphatic heterocycles. The van der Waals surface area contributed by atoms with Gasteiger partial charge < -0.3 is 10.2 Å². The van der Waals surface area contributed by atoms with Crippen molar-refractivity contribution in [2.24, 2.45) is 11.8 Å². The second-order valence-corrected chi connectivity index (χ2v) is 7.68. The van der Waals surface area contributed by atoms with Gasteiger partial charge in [-0.05, 0) is 44.9 Å². The Morgan fingerprint density at radius 2 is 1.52 bits per heavy atom. The average molecular weight is 301 g/mol. The minimum Gasteiger partial charge on any atom is -0.393 e. The molecule has 0 aromatic carbocycles. The third-order valence-electron chi connectivity index (χ3n) is 4.41. The van der Waals surface area contributed by atoms with Crippen LogP contribution in [0.3, 0.4) is 0 Å². The summed E-state index contributed by atoms with van der Waals surface area (Å²) >= 11 is 0. The van der Waals surface area contributed by atoms with Crippen LogP contribution in [0.4, 0.5) is 0 Å². The fraction of sp³-hybridized carbons (Fsp3) is 1.00. The molecule has 3 atom stereocenters. The normalized spacial score (nSPS) is 16.7. The van der Waals surface area contributed by atoms with Gasteiger partial charge in [-0.25, -0.2) is 0 Å². The van der Waals surface area contributed by atoms with Gasteiger partial charge in [-0.3, -0.25) is 0 Å². The number of aliphatic hydroxyl groups is 2. The predicted octanol–water partition coefficient (Wildman–Crippen LogP) is 5.31. The molecule has 2 heteroatoms. The van der Waals surface area contributed by atoms with Crippen LogP contribution in [0.2, 0.25) is 0 Å². The van der Waals surface area contributed by atoms with E-state index in [0.717, 1.165) is 19.3 Å². The molecule has 0 fully saturated rings. The molecule has 0 saturated heterocycles. The Labute approximate surface area is 133 Å². The Balaban J connectivity index is 4.35. The van der Waals surface area contributed by atoms with E-state index in [-0.39, 0.29) is 12.0 Å². The van der Waals surface area contributed by atoms with Crippen LogP contribution >= 0.6 is 0 Å². The van der Waals surface area contributed by atoms with Gasteiger partial charge in [-0.2, -0.15) is 0 Å². The first-order valence-corrected chi connectivity index (χ1v) is 9.20. The monoisotopic (exact) mass is 300 g/mol. The van der Waals surface area contributed by atoms with Crippen LogP contribution in [-0.2, 0) is 0 Å². The maximum atomic E-state index is 10.5. The number of unbranched alkanes of at least 4 members (excludes halogenated alkanes) is 4. The lowest BCUT2D eigenvalue weighted by Gasteiger charge is -2.31. The van der Waals surface area contributed by atoms with Crippen molar-refractivity contribution in [3.05, 3.63) is 0 Å². The van der Waals surface area contributed by atoms with Crippen molar-refractivity contribution < 1.29 is 10.2 Å². The van der Waals surface area contributed by atoms with E-state index in [9.17, 15) is 10.2 Å². The highest BCUT2D eigenvalue weighted by molar-refractivity contribution is 4.79. The largest absolute Gasteiger partial charge is 0.393 e. The van der Waals surface area contributed by atoms with Gasteiger partial charge in [0.1, 0.15) is 0 Å². The van der Waals surface area contributed by atoms with Crippen LogP contribution in [0, 0.1) is 11.8 Å². The molecule has 2 nitrogen and oxygen atoms in total. The van der Waals surface area contributed by atoms with Crippen molar-refractivity contribution in [1.82, 2.24) is 0 Å². The van der Waals surface area contributed by atoms with Crippen molar-refractivity contribution in [3.63, 3.8) is 0 Å². The number of hydrogen-bond donors (Lipinski definition) is 2. The maximum Gasteiger partial charge on any atom is 0.0595 e. The Bertz CT molecular complexity index is 232. The van der Waals surface area contributed by atoms with Crippen LogP contribution in [0.5, 0.6) is 0 Å². The van der Waals surface area contributed by atoms with Crippen LogP contribution < -0.4 is 0 Å². The summed E-state index contributed by atoms with van der Waals surface area (Å²) in [5.41, 5.74) is -0.681. The summed E-state index contributed by atoms with van der Waals surface area (Å²) < 4.78 is 0. The van der Waals surface area contributed by atoms with Crippen LogP contribution in [-0.4, -0.2) is 21.9 Å². The smallest absolute Gasteiger partial charge is 0.0595 e. The van der Waals surface area contributed by atoms with Gasteiger partial charge in [0.15, 0.2) is 0 Å². The molecule has 0 heterocycles. The molecule has 0 amide bonds. The molecule has 0 spiro atoms. The predicted molar refractivity (Wildman–Crippen MR) is 92.5 cm³/mol. The molecule has 0 rings (SSSR count). The van der Waals surface area contributed by atoms with Crippen molar-refractivity contribution in [1.29, 1.82) is 0 Å². The van der Waals surface area contributed by atoms with Gasteiger partial charge in [-0.1, -0.05) is 65.7 Å². The summed E-state index contributed by atoms with van der Waals surface area (Å²) in [7, 11) is 0. The first-order chi connectivity index (χ1) is 9.80. The first kappa shape index (κ1) is 20.9. The summed E-state index contributed by atoms with van der Waals surface area (Å²) in [5.74, 6) is 0.876. The van der Waals surface area contributed by atoms with Crippen LogP contribution in [0.15, 0.2) is 0 Å². The molecule has 0 aliphatic carbocycles. The van der Waals surface area contributed by atoms with E-state index in [4.69, 9.17) is 0 Å². The van der Waals surface area contributed by atoms with Gasteiger partial charge in [0, 0.05) is 0 Å². The highest BCUT2D eigenvalue weighted by Gasteiger charge is 2.27. The fourth-order valence-electron chi connectivity index (χ4n) is 3.22. The third-order valence-corrected chi connectivity index (χ3v) is 4.41. The van der Waals surface area contributed by atoms with Gasteiger partial charge in [-0.15, -0.1) is 0 Å². The van der Waals surface area contributed by atoms with Gasteiger partial charge >= 0.3 is 0 Å². The standard InChI is InChI=1S/C19H40O2/c1-6-8-10-11-13-18(20)17(15-19(4,5)21)14-16(3)12-9-7-2/h16-18,20-21H,6-15H2,1-5H3. The zero-order chi connectivity index (χ0) is 16.3. The lowest BCUT2D eigenvalue weighted by atomic mass is 9.80. The molecule has 2 N–H and O–H groups in total. The summed E-state index contributed by atoms with van der Waals surface area (Å²) in [6.45, 7) is 10.4. The van der Waals surface area contributed by atoms with E-state index in [2.05, 4.69) is 20.8 Å². The highest BCUT2D eigenvalue weighted by atomic mass is 16.3. The van der Waals surface area contributed by atoms with Crippen molar-refractivity contribution in [2.75, 3.05) is 0 Å². The third kappa shape index (κ3) is 12.2. The van der Waals surface area contributed by atoms with Gasteiger partial charge in [0.05, 0.1) is 11.7 Å². The van der Waals surface area contributed by atoms with Crippen molar-refractivity contribution in [2.45, 2.75) is 111 Å². The average Bonchev–Trinajstić information content (AvgIpc) is 2.38. The van der Waals surface area contributed by atoms with E-state index >= 15 is 0 Å². The molecule has 128 valence electrons. The highest BCUT2D eigenvalue weighted by Crippen LogP contribution is 2.29. The minimum absolute atomic E-state index is 0.235. The second-order valence-electron chi connectivity index (χ2n) is 7.68. The van der Waals surface area contributed by atoms with Crippen LogP contribution in [0.25, 0.3) is 0 Å². The zero-order valence-electron chi connectivity index (χ0n) is 15.2. The molecule has 0 bridgehead atoms. The number of aliphatic hydroxyl groups excluding tert-OH is 1. The first-order valence-electron chi connectivity index (χ1n) is 9.20. The van der Waals surface area contributed by atoms with E-state index in [1.54, 1.807) is 0 Å². The van der Waals surface area contributed by atoms with E-state index < -0.39 is 5.60 Å². The Hall–Kier alpha value is -0.0800. The maximum absolute atomic E-state index is 10.5. The zero-order valence-corrected chi connectivity index (χ0v) is 15.2. The van der Waals surface area contributed by atoms with E-state index in [1.165, 1.54) is 38.5 Å². The molecule has 0 saturated carbocycles. The lowest BCUT2D eigenvalue weighted by Crippen LogP contribution is -2.31. The molecular formula is C19H40O2. The molecule has 0 aliphatic rings. The summed E-state index contributed by atoms with van der Waals surface area (Å²) in [4.78, 5) is 0. The van der Waals surface area contributed by atoms with E-state index in [0.29, 0.717) is 12.3 Å². The number of rotatable bonds is 13. The molecule has 3 unspecified atom stereocenters. The Kier molecular flexibility index (Phi) is 11.4. The summed E-state index contributed by atoms with van der Waals surface area (Å²) in [6.07, 6.45) is 10.9. The molecular weight excluding hydrogens is 260 g/mol. The van der Waals surface area contributed by atoms with E-state index in [1.807, 2.05) is 13.8 Å². The number of hydrogen-bond acceptors (Lipinski definition) is 2.